The molecule has 1 aromatic heterocycles. The number of hydrogen-bond acceptors (Lipinski definition) is 3. The lowest BCUT2D eigenvalue weighted by Crippen LogP contribution is -2.48. The molecule has 150 valence electrons. The predicted molar refractivity (Wildman–Crippen MR) is 111 cm³/mol. The standard InChI is InChI=1S/C23H25FN4O/c1-17-22(18(2)28(25-17)21-6-4-3-5-7-21)16-26-12-14-27(15-13-26)23(29)19-8-10-20(24)11-9-19/h3-11H,12-16H2,1-2H3. The van der Waals surface area contributed by atoms with Crippen LogP contribution >= 0.6 is 0 Å². The van der Waals surface area contributed by atoms with Crippen LogP contribution < -0.4 is 0 Å². The maximum atomic E-state index is 13.1. The summed E-state index contributed by atoms with van der Waals surface area (Å²) in [6, 6.07) is 15.9. The molecule has 1 saturated heterocycles. The summed E-state index contributed by atoms with van der Waals surface area (Å²) in [5, 5.41) is 4.73. The second kappa shape index (κ2) is 8.17. The Morgan fingerprint density at radius 3 is 2.28 bits per heavy atom. The van der Waals surface area contributed by atoms with Crippen LogP contribution in [0.5, 0.6) is 0 Å². The second-order valence-electron chi connectivity index (χ2n) is 7.47. The van der Waals surface area contributed by atoms with Gasteiger partial charge < -0.3 is 4.90 Å². The van der Waals surface area contributed by atoms with Crippen molar-refractivity contribution in [2.75, 3.05) is 26.2 Å². The maximum absolute atomic E-state index is 13.1. The van der Waals surface area contributed by atoms with Gasteiger partial charge in [0.1, 0.15) is 5.82 Å². The van der Waals surface area contributed by atoms with Crippen LogP contribution in [0.2, 0.25) is 0 Å². The van der Waals surface area contributed by atoms with E-state index in [0.29, 0.717) is 18.7 Å². The summed E-state index contributed by atoms with van der Waals surface area (Å²) >= 11 is 0. The molecule has 5 nitrogen and oxygen atoms in total. The fraction of sp³-hybridized carbons (Fsp3) is 0.304. The van der Waals surface area contributed by atoms with Crippen LogP contribution in [0.15, 0.2) is 54.6 Å². The van der Waals surface area contributed by atoms with Crippen LogP contribution in [-0.4, -0.2) is 51.7 Å². The number of aromatic nitrogens is 2. The van der Waals surface area contributed by atoms with Crippen molar-refractivity contribution >= 4 is 5.91 Å². The molecule has 0 spiro atoms. The number of benzene rings is 2. The van der Waals surface area contributed by atoms with Gasteiger partial charge in [-0.15, -0.1) is 0 Å². The van der Waals surface area contributed by atoms with Gasteiger partial charge in [0.2, 0.25) is 0 Å². The molecule has 29 heavy (non-hydrogen) atoms. The number of para-hydroxylation sites is 1. The van der Waals surface area contributed by atoms with E-state index in [4.69, 9.17) is 5.10 Å². The van der Waals surface area contributed by atoms with Crippen LogP contribution in [0, 0.1) is 19.7 Å². The van der Waals surface area contributed by atoms with Crippen LogP contribution in [0.4, 0.5) is 4.39 Å². The van der Waals surface area contributed by atoms with Gasteiger partial charge in [-0.2, -0.15) is 5.10 Å². The first-order valence-corrected chi connectivity index (χ1v) is 9.90. The van der Waals surface area contributed by atoms with Crippen LogP contribution in [-0.2, 0) is 6.54 Å². The van der Waals surface area contributed by atoms with Crippen molar-refractivity contribution < 1.29 is 9.18 Å². The highest BCUT2D eigenvalue weighted by molar-refractivity contribution is 5.94. The van der Waals surface area contributed by atoms with Crippen LogP contribution in [0.25, 0.3) is 5.69 Å². The van der Waals surface area contributed by atoms with Crippen molar-refractivity contribution in [2.24, 2.45) is 0 Å². The Labute approximate surface area is 170 Å². The van der Waals surface area contributed by atoms with E-state index in [-0.39, 0.29) is 11.7 Å². The van der Waals surface area contributed by atoms with E-state index >= 15 is 0 Å². The second-order valence-corrected chi connectivity index (χ2v) is 7.47. The zero-order valence-corrected chi connectivity index (χ0v) is 16.8. The van der Waals surface area contributed by atoms with Crippen LogP contribution in [0.3, 0.4) is 0 Å². The Morgan fingerprint density at radius 1 is 0.966 bits per heavy atom. The minimum atomic E-state index is -0.326. The van der Waals surface area contributed by atoms with Crippen molar-refractivity contribution in [2.45, 2.75) is 20.4 Å². The first-order chi connectivity index (χ1) is 14.0. The SMILES string of the molecule is Cc1nn(-c2ccccc2)c(C)c1CN1CCN(C(=O)c2ccc(F)cc2)CC1. The lowest BCUT2D eigenvalue weighted by molar-refractivity contribution is 0.0628. The highest BCUT2D eigenvalue weighted by Crippen LogP contribution is 2.20. The van der Waals surface area contributed by atoms with Crippen molar-refractivity contribution in [1.82, 2.24) is 19.6 Å². The number of amides is 1. The van der Waals surface area contributed by atoms with Crippen molar-refractivity contribution in [3.8, 4) is 5.69 Å². The van der Waals surface area contributed by atoms with Gasteiger partial charge in [-0.05, 0) is 50.2 Å². The third-order valence-electron chi connectivity index (χ3n) is 5.57. The number of hydrogen-bond donors (Lipinski definition) is 0. The number of piperazine rings is 1. The number of carbonyl (C=O) groups excluding carboxylic acids is 1. The Kier molecular flexibility index (Phi) is 5.45. The summed E-state index contributed by atoms with van der Waals surface area (Å²) in [4.78, 5) is 16.8. The molecule has 0 bridgehead atoms. The Balaban J connectivity index is 1.41. The molecular formula is C23H25FN4O. The molecule has 0 atom stereocenters. The summed E-state index contributed by atoms with van der Waals surface area (Å²) in [5.41, 5.74) is 5.03. The fourth-order valence-corrected chi connectivity index (χ4v) is 3.83. The average Bonchev–Trinajstić information content (AvgIpc) is 3.03. The normalized spacial score (nSPS) is 14.9. The van der Waals surface area contributed by atoms with Crippen LogP contribution in [0.1, 0.15) is 27.3 Å². The molecule has 2 heterocycles. The predicted octanol–water partition coefficient (Wildman–Crippen LogP) is 3.59. The third kappa shape index (κ3) is 4.07. The number of carbonyl (C=O) groups is 1. The highest BCUT2D eigenvalue weighted by Gasteiger charge is 2.24. The van der Waals surface area contributed by atoms with Gasteiger partial charge >= 0.3 is 0 Å². The monoisotopic (exact) mass is 392 g/mol. The maximum Gasteiger partial charge on any atom is 0.253 e. The molecule has 1 amide bonds. The minimum Gasteiger partial charge on any atom is -0.336 e. The van der Waals surface area contributed by atoms with E-state index in [9.17, 15) is 9.18 Å². The molecule has 6 heteroatoms. The first kappa shape index (κ1) is 19.3. The number of rotatable bonds is 4. The molecule has 0 radical (unpaired) electrons. The Bertz CT molecular complexity index is 990. The molecule has 0 saturated carbocycles. The minimum absolute atomic E-state index is 0.0334. The van der Waals surface area contributed by atoms with Crippen molar-refractivity contribution in [3.63, 3.8) is 0 Å². The number of halogens is 1. The van der Waals surface area contributed by atoms with E-state index in [0.717, 1.165) is 36.7 Å². The van der Waals surface area contributed by atoms with Crippen molar-refractivity contribution in [3.05, 3.63) is 82.9 Å². The van der Waals surface area contributed by atoms with Gasteiger partial charge in [-0.25, -0.2) is 9.07 Å². The zero-order chi connectivity index (χ0) is 20.4. The molecular weight excluding hydrogens is 367 g/mol. The average molecular weight is 392 g/mol. The molecule has 0 aliphatic carbocycles. The van der Waals surface area contributed by atoms with E-state index in [1.807, 2.05) is 27.8 Å². The van der Waals surface area contributed by atoms with Crippen molar-refractivity contribution in [1.29, 1.82) is 0 Å². The quantitative estimate of drug-likeness (QED) is 0.681. The van der Waals surface area contributed by atoms with E-state index in [1.54, 1.807) is 12.1 Å². The fourth-order valence-electron chi connectivity index (χ4n) is 3.83. The third-order valence-corrected chi connectivity index (χ3v) is 5.57. The van der Waals surface area contributed by atoms with Gasteiger partial charge in [0.05, 0.1) is 11.4 Å². The lowest BCUT2D eigenvalue weighted by atomic mass is 10.1. The number of nitrogens with zero attached hydrogens (tertiary/aromatic N) is 4. The topological polar surface area (TPSA) is 41.4 Å². The van der Waals surface area contributed by atoms with Gasteiger partial charge in [-0.3, -0.25) is 9.69 Å². The molecule has 3 aromatic rings. The number of aryl methyl sites for hydroxylation is 1. The first-order valence-electron chi connectivity index (χ1n) is 9.90. The summed E-state index contributed by atoms with van der Waals surface area (Å²) in [5.74, 6) is -0.359. The van der Waals surface area contributed by atoms with Gasteiger partial charge in [-0.1, -0.05) is 18.2 Å². The smallest absolute Gasteiger partial charge is 0.253 e. The summed E-state index contributed by atoms with van der Waals surface area (Å²) in [7, 11) is 0. The lowest BCUT2D eigenvalue weighted by Gasteiger charge is -2.34. The largest absolute Gasteiger partial charge is 0.336 e. The zero-order valence-electron chi connectivity index (χ0n) is 16.8. The Hall–Kier alpha value is -2.99. The Morgan fingerprint density at radius 2 is 1.62 bits per heavy atom. The molecule has 0 N–H and O–H groups in total. The van der Waals surface area contributed by atoms with E-state index < -0.39 is 0 Å². The van der Waals surface area contributed by atoms with Gasteiger partial charge in [0.25, 0.3) is 5.91 Å². The summed E-state index contributed by atoms with van der Waals surface area (Å²) < 4.78 is 15.1. The molecule has 1 aliphatic rings. The molecule has 0 unspecified atom stereocenters. The van der Waals surface area contributed by atoms with E-state index in [1.165, 1.54) is 17.7 Å². The molecule has 1 aliphatic heterocycles. The molecule has 4 rings (SSSR count). The summed E-state index contributed by atoms with van der Waals surface area (Å²) in [6.07, 6.45) is 0. The van der Waals surface area contributed by atoms with Gasteiger partial charge in [0, 0.05) is 49.5 Å². The molecule has 1 fully saturated rings. The van der Waals surface area contributed by atoms with E-state index in [2.05, 4.69) is 30.9 Å². The molecule has 2 aromatic carbocycles. The highest BCUT2D eigenvalue weighted by atomic mass is 19.1. The summed E-state index contributed by atoms with van der Waals surface area (Å²) in [6.45, 7) is 7.93. The van der Waals surface area contributed by atoms with Gasteiger partial charge in [0.15, 0.2) is 0 Å².